The number of hydrogen-bond acceptors (Lipinski definition) is 2. The summed E-state index contributed by atoms with van der Waals surface area (Å²) in [4.78, 5) is 14.2. The maximum absolute atomic E-state index is 12.3. The van der Waals surface area contributed by atoms with E-state index in [0.717, 1.165) is 42.9 Å². The molecule has 5 heteroatoms. The van der Waals surface area contributed by atoms with E-state index in [1.54, 1.807) is 0 Å². The van der Waals surface area contributed by atoms with Gasteiger partial charge in [0.25, 0.3) is 5.91 Å². The smallest absolute Gasteiger partial charge is 0.253 e. The molecule has 0 spiro atoms. The lowest BCUT2D eigenvalue weighted by molar-refractivity contribution is 0.0793. The predicted molar refractivity (Wildman–Crippen MR) is 103 cm³/mol. The highest BCUT2D eigenvalue weighted by Crippen LogP contribution is 2.16. The van der Waals surface area contributed by atoms with Gasteiger partial charge in [-0.05, 0) is 68.4 Å². The first-order chi connectivity index (χ1) is 11.6. The van der Waals surface area contributed by atoms with Gasteiger partial charge in [0.15, 0.2) is 5.11 Å². The van der Waals surface area contributed by atoms with E-state index in [1.165, 1.54) is 5.56 Å². The van der Waals surface area contributed by atoms with Gasteiger partial charge in [0, 0.05) is 30.0 Å². The average molecular weight is 339 g/mol. The normalized spacial score (nSPS) is 13.6. The SMILES string of the molecule is Cc1ccc(NC(=S)Nc2ccc(C(=O)N3CCCC3)cc2)cc1. The second-order valence-electron chi connectivity index (χ2n) is 6.02. The predicted octanol–water partition coefficient (Wildman–Crippen LogP) is 4.04. The van der Waals surface area contributed by atoms with Crippen LogP contribution in [0.1, 0.15) is 28.8 Å². The number of amides is 1. The van der Waals surface area contributed by atoms with Crippen molar-refractivity contribution in [2.45, 2.75) is 19.8 Å². The molecule has 1 fully saturated rings. The molecular weight excluding hydrogens is 318 g/mol. The Morgan fingerprint density at radius 1 is 0.917 bits per heavy atom. The van der Waals surface area contributed by atoms with E-state index < -0.39 is 0 Å². The molecule has 0 unspecified atom stereocenters. The highest BCUT2D eigenvalue weighted by atomic mass is 32.1. The van der Waals surface area contributed by atoms with Gasteiger partial charge < -0.3 is 15.5 Å². The third-order valence-corrected chi connectivity index (χ3v) is 4.30. The maximum atomic E-state index is 12.3. The van der Waals surface area contributed by atoms with Crippen molar-refractivity contribution in [2.75, 3.05) is 23.7 Å². The lowest BCUT2D eigenvalue weighted by Crippen LogP contribution is -2.27. The highest BCUT2D eigenvalue weighted by Gasteiger charge is 2.19. The minimum absolute atomic E-state index is 0.111. The molecule has 24 heavy (non-hydrogen) atoms. The molecule has 0 aliphatic carbocycles. The number of thiocarbonyl (C=S) groups is 1. The van der Waals surface area contributed by atoms with E-state index in [4.69, 9.17) is 12.2 Å². The molecule has 0 bridgehead atoms. The van der Waals surface area contributed by atoms with Crippen molar-refractivity contribution in [1.82, 2.24) is 4.90 Å². The number of rotatable bonds is 3. The van der Waals surface area contributed by atoms with Gasteiger partial charge >= 0.3 is 0 Å². The summed E-state index contributed by atoms with van der Waals surface area (Å²) in [6, 6.07) is 15.5. The molecule has 0 aromatic heterocycles. The molecule has 1 amide bonds. The Morgan fingerprint density at radius 3 is 1.96 bits per heavy atom. The molecule has 0 radical (unpaired) electrons. The van der Waals surface area contributed by atoms with Crippen molar-refractivity contribution in [3.63, 3.8) is 0 Å². The van der Waals surface area contributed by atoms with Gasteiger partial charge in [-0.15, -0.1) is 0 Å². The first kappa shape index (κ1) is 16.5. The topological polar surface area (TPSA) is 44.4 Å². The van der Waals surface area contributed by atoms with E-state index in [-0.39, 0.29) is 5.91 Å². The van der Waals surface area contributed by atoms with Gasteiger partial charge in [0.1, 0.15) is 0 Å². The Morgan fingerprint density at radius 2 is 1.42 bits per heavy atom. The summed E-state index contributed by atoms with van der Waals surface area (Å²) in [7, 11) is 0. The van der Waals surface area contributed by atoms with Crippen molar-refractivity contribution in [3.8, 4) is 0 Å². The zero-order valence-electron chi connectivity index (χ0n) is 13.7. The fourth-order valence-electron chi connectivity index (χ4n) is 2.73. The monoisotopic (exact) mass is 339 g/mol. The van der Waals surface area contributed by atoms with Crippen LogP contribution in [-0.2, 0) is 0 Å². The van der Waals surface area contributed by atoms with Crippen molar-refractivity contribution in [1.29, 1.82) is 0 Å². The van der Waals surface area contributed by atoms with Crippen LogP contribution < -0.4 is 10.6 Å². The summed E-state index contributed by atoms with van der Waals surface area (Å²) in [6.07, 6.45) is 2.20. The standard InChI is InChI=1S/C19H21N3OS/c1-14-4-8-16(9-5-14)20-19(24)21-17-10-6-15(7-11-17)18(23)22-12-2-3-13-22/h4-11H,2-3,12-13H2,1H3,(H2,20,21,24). The number of carbonyl (C=O) groups excluding carboxylic acids is 1. The van der Waals surface area contributed by atoms with Gasteiger partial charge in [-0.1, -0.05) is 17.7 Å². The van der Waals surface area contributed by atoms with Gasteiger partial charge in [-0.2, -0.15) is 0 Å². The van der Waals surface area contributed by atoms with Crippen LogP contribution in [0.25, 0.3) is 0 Å². The molecule has 124 valence electrons. The minimum atomic E-state index is 0.111. The Kier molecular flexibility index (Phi) is 5.11. The molecular formula is C19H21N3OS. The first-order valence-electron chi connectivity index (χ1n) is 8.16. The van der Waals surface area contributed by atoms with Gasteiger partial charge in [0.2, 0.25) is 0 Å². The maximum Gasteiger partial charge on any atom is 0.253 e. The number of benzene rings is 2. The number of likely N-dealkylation sites (tertiary alicyclic amines) is 1. The van der Waals surface area contributed by atoms with E-state index in [1.807, 2.05) is 60.4 Å². The largest absolute Gasteiger partial charge is 0.339 e. The van der Waals surface area contributed by atoms with Crippen molar-refractivity contribution < 1.29 is 4.79 Å². The van der Waals surface area contributed by atoms with Crippen LogP contribution in [0.15, 0.2) is 48.5 Å². The van der Waals surface area contributed by atoms with Crippen LogP contribution in [-0.4, -0.2) is 29.0 Å². The van der Waals surface area contributed by atoms with Crippen molar-refractivity contribution >= 4 is 34.6 Å². The number of hydrogen-bond donors (Lipinski definition) is 2. The fraction of sp³-hybridized carbons (Fsp3) is 0.263. The molecule has 1 heterocycles. The van der Waals surface area contributed by atoms with Gasteiger partial charge in [-0.3, -0.25) is 4.79 Å². The fourth-order valence-corrected chi connectivity index (χ4v) is 2.96. The van der Waals surface area contributed by atoms with Crippen molar-refractivity contribution in [2.24, 2.45) is 0 Å². The minimum Gasteiger partial charge on any atom is -0.339 e. The highest BCUT2D eigenvalue weighted by molar-refractivity contribution is 7.80. The Bertz CT molecular complexity index is 719. The Hall–Kier alpha value is -2.40. The molecule has 2 aromatic carbocycles. The molecule has 2 aromatic rings. The van der Waals surface area contributed by atoms with E-state index >= 15 is 0 Å². The summed E-state index contributed by atoms with van der Waals surface area (Å²) in [5, 5.41) is 6.81. The third-order valence-electron chi connectivity index (χ3n) is 4.09. The van der Waals surface area contributed by atoms with Crippen LogP contribution in [0.5, 0.6) is 0 Å². The van der Waals surface area contributed by atoms with Crippen LogP contribution in [0.2, 0.25) is 0 Å². The molecule has 3 rings (SSSR count). The number of aryl methyl sites for hydroxylation is 1. The molecule has 0 saturated carbocycles. The van der Waals surface area contributed by atoms with Crippen molar-refractivity contribution in [3.05, 3.63) is 59.7 Å². The number of nitrogens with zero attached hydrogens (tertiary/aromatic N) is 1. The third kappa shape index (κ3) is 4.11. The summed E-state index contributed by atoms with van der Waals surface area (Å²) >= 11 is 5.33. The molecule has 1 saturated heterocycles. The molecule has 4 nitrogen and oxygen atoms in total. The summed E-state index contributed by atoms with van der Waals surface area (Å²) < 4.78 is 0. The number of carbonyl (C=O) groups is 1. The zero-order chi connectivity index (χ0) is 16.9. The Labute approximate surface area is 147 Å². The van der Waals surface area contributed by atoms with Crippen LogP contribution in [0, 0.1) is 6.92 Å². The molecule has 2 N–H and O–H groups in total. The van der Waals surface area contributed by atoms with Crippen LogP contribution >= 0.6 is 12.2 Å². The lowest BCUT2D eigenvalue weighted by Gasteiger charge is -2.15. The lowest BCUT2D eigenvalue weighted by atomic mass is 10.2. The summed E-state index contributed by atoms with van der Waals surface area (Å²) in [5.41, 5.74) is 3.73. The molecule has 0 atom stereocenters. The number of anilines is 2. The summed E-state index contributed by atoms with van der Waals surface area (Å²) in [5.74, 6) is 0.111. The van der Waals surface area contributed by atoms with Gasteiger partial charge in [0.05, 0.1) is 0 Å². The number of nitrogens with one attached hydrogen (secondary N) is 2. The Balaban J connectivity index is 1.58. The second kappa shape index (κ2) is 7.45. The molecule has 1 aliphatic rings. The average Bonchev–Trinajstić information content (AvgIpc) is 3.11. The van der Waals surface area contributed by atoms with Crippen LogP contribution in [0.3, 0.4) is 0 Å². The van der Waals surface area contributed by atoms with E-state index in [2.05, 4.69) is 10.6 Å². The summed E-state index contributed by atoms with van der Waals surface area (Å²) in [6.45, 7) is 3.78. The van der Waals surface area contributed by atoms with E-state index in [9.17, 15) is 4.79 Å². The zero-order valence-corrected chi connectivity index (χ0v) is 14.5. The van der Waals surface area contributed by atoms with Crippen LogP contribution in [0.4, 0.5) is 11.4 Å². The van der Waals surface area contributed by atoms with E-state index in [0.29, 0.717) is 5.11 Å². The molecule has 1 aliphatic heterocycles. The van der Waals surface area contributed by atoms with Gasteiger partial charge in [-0.25, -0.2) is 0 Å². The first-order valence-corrected chi connectivity index (χ1v) is 8.57. The quantitative estimate of drug-likeness (QED) is 0.829. The second-order valence-corrected chi connectivity index (χ2v) is 6.43.